The molecule has 0 radical (unpaired) electrons. The molecule has 2 N–H and O–H groups in total. The van der Waals surface area contributed by atoms with E-state index in [1.54, 1.807) is 11.3 Å². The maximum atomic E-state index is 12.3. The van der Waals surface area contributed by atoms with Crippen molar-refractivity contribution in [3.05, 3.63) is 21.9 Å². The molecule has 6 nitrogen and oxygen atoms in total. The van der Waals surface area contributed by atoms with Gasteiger partial charge in [0.05, 0.1) is 6.54 Å². The summed E-state index contributed by atoms with van der Waals surface area (Å²) in [6.07, 6.45) is 1.91. The molecule has 1 aliphatic heterocycles. The highest BCUT2D eigenvalue weighted by atomic mass is 32.1. The number of carbonyl (C=O) groups is 1. The minimum atomic E-state index is -0.451. The second kappa shape index (κ2) is 9.97. The number of likely N-dealkylation sites (tertiary alicyclic amines) is 1. The Bertz CT molecular complexity index is 636. The number of nitrogens with zero attached hydrogens (tertiary/aromatic N) is 2. The van der Waals surface area contributed by atoms with Crippen molar-refractivity contribution in [2.75, 3.05) is 26.2 Å². The van der Waals surface area contributed by atoms with Crippen molar-refractivity contribution in [1.82, 2.24) is 15.5 Å². The normalized spacial score (nSPS) is 18.3. The van der Waals surface area contributed by atoms with Crippen molar-refractivity contribution in [2.45, 2.75) is 59.6 Å². The first kappa shape index (κ1) is 21.5. The molecule has 2 rings (SSSR count). The number of piperidine rings is 1. The first-order valence-corrected chi connectivity index (χ1v) is 10.7. The Labute approximate surface area is 167 Å². The molecule has 1 fully saturated rings. The van der Waals surface area contributed by atoms with Gasteiger partial charge in [-0.15, -0.1) is 11.3 Å². The van der Waals surface area contributed by atoms with Crippen molar-refractivity contribution in [3.8, 4) is 0 Å². The van der Waals surface area contributed by atoms with Crippen LogP contribution in [0.2, 0.25) is 0 Å². The number of aryl methyl sites for hydroxylation is 1. The molecule has 152 valence electrons. The van der Waals surface area contributed by atoms with Gasteiger partial charge in [0.2, 0.25) is 0 Å². The molecule has 0 bridgehead atoms. The van der Waals surface area contributed by atoms with Crippen LogP contribution in [-0.2, 0) is 11.3 Å². The smallest absolute Gasteiger partial charge is 0.410 e. The van der Waals surface area contributed by atoms with Gasteiger partial charge in [0.1, 0.15) is 5.60 Å². The SMILES string of the molecule is CCNC(=NCc1sccc1C)NCC1CCCN(C(=O)OC(C)(C)C)C1. The van der Waals surface area contributed by atoms with Gasteiger partial charge >= 0.3 is 6.09 Å². The van der Waals surface area contributed by atoms with Gasteiger partial charge in [0.15, 0.2) is 5.96 Å². The van der Waals surface area contributed by atoms with E-state index in [-0.39, 0.29) is 6.09 Å². The van der Waals surface area contributed by atoms with Crippen LogP contribution in [0.25, 0.3) is 0 Å². The quantitative estimate of drug-likeness (QED) is 0.589. The highest BCUT2D eigenvalue weighted by Gasteiger charge is 2.27. The van der Waals surface area contributed by atoms with Crippen LogP contribution in [-0.4, -0.2) is 48.7 Å². The minimum absolute atomic E-state index is 0.207. The Morgan fingerprint density at radius 3 is 2.81 bits per heavy atom. The van der Waals surface area contributed by atoms with E-state index < -0.39 is 5.60 Å². The van der Waals surface area contributed by atoms with Crippen molar-refractivity contribution < 1.29 is 9.53 Å². The number of hydrogen-bond donors (Lipinski definition) is 2. The number of nitrogens with one attached hydrogen (secondary N) is 2. The summed E-state index contributed by atoms with van der Waals surface area (Å²) in [7, 11) is 0. The van der Waals surface area contributed by atoms with Gasteiger partial charge in [-0.3, -0.25) is 0 Å². The van der Waals surface area contributed by atoms with E-state index in [4.69, 9.17) is 9.73 Å². The first-order valence-electron chi connectivity index (χ1n) is 9.81. The van der Waals surface area contributed by atoms with Gasteiger partial charge in [-0.25, -0.2) is 9.79 Å². The predicted octanol–water partition coefficient (Wildman–Crippen LogP) is 3.76. The number of carbonyl (C=O) groups excluding carboxylic acids is 1. The molecule has 7 heteroatoms. The van der Waals surface area contributed by atoms with Crippen LogP contribution in [0.15, 0.2) is 16.4 Å². The summed E-state index contributed by atoms with van der Waals surface area (Å²) in [6, 6.07) is 2.13. The number of aliphatic imine (C=N–C) groups is 1. The van der Waals surface area contributed by atoms with Crippen LogP contribution < -0.4 is 10.6 Å². The fourth-order valence-electron chi connectivity index (χ4n) is 3.02. The van der Waals surface area contributed by atoms with Crippen LogP contribution in [0.4, 0.5) is 4.79 Å². The third-order valence-electron chi connectivity index (χ3n) is 4.42. The van der Waals surface area contributed by atoms with Crippen LogP contribution in [0.3, 0.4) is 0 Å². The second-order valence-corrected chi connectivity index (χ2v) is 9.04. The van der Waals surface area contributed by atoms with E-state index in [0.29, 0.717) is 12.5 Å². The van der Waals surface area contributed by atoms with E-state index in [1.807, 2.05) is 25.7 Å². The number of rotatable bonds is 5. The molecular formula is C20H34N4O2S. The van der Waals surface area contributed by atoms with Crippen LogP contribution >= 0.6 is 11.3 Å². The van der Waals surface area contributed by atoms with Crippen molar-refractivity contribution in [3.63, 3.8) is 0 Å². The molecule has 2 heterocycles. The monoisotopic (exact) mass is 394 g/mol. The standard InChI is InChI=1S/C20H34N4O2S/c1-6-21-18(23-13-17-15(2)9-11-27-17)22-12-16-8-7-10-24(14-16)19(25)26-20(3,4)5/h9,11,16H,6-8,10,12-14H2,1-5H3,(H2,21,22,23). The lowest BCUT2D eigenvalue weighted by Gasteiger charge is -2.34. The van der Waals surface area contributed by atoms with Gasteiger partial charge in [-0.2, -0.15) is 0 Å². The Balaban J connectivity index is 1.86. The largest absolute Gasteiger partial charge is 0.444 e. The van der Waals surface area contributed by atoms with Gasteiger partial charge in [0, 0.05) is 31.1 Å². The maximum Gasteiger partial charge on any atom is 0.410 e. The Morgan fingerprint density at radius 2 is 2.19 bits per heavy atom. The highest BCUT2D eigenvalue weighted by molar-refractivity contribution is 7.10. The predicted molar refractivity (Wildman–Crippen MR) is 112 cm³/mol. The summed E-state index contributed by atoms with van der Waals surface area (Å²) in [5.74, 6) is 1.23. The fraction of sp³-hybridized carbons (Fsp3) is 0.700. The number of amides is 1. The van der Waals surface area contributed by atoms with Crippen molar-refractivity contribution >= 4 is 23.4 Å². The lowest BCUT2D eigenvalue weighted by Crippen LogP contribution is -2.47. The molecule has 27 heavy (non-hydrogen) atoms. The summed E-state index contributed by atoms with van der Waals surface area (Å²) < 4.78 is 5.51. The van der Waals surface area contributed by atoms with E-state index >= 15 is 0 Å². The molecule has 1 amide bonds. The minimum Gasteiger partial charge on any atom is -0.444 e. The second-order valence-electron chi connectivity index (χ2n) is 8.04. The van der Waals surface area contributed by atoms with E-state index in [9.17, 15) is 4.79 Å². The number of thiophene rings is 1. The topological polar surface area (TPSA) is 66.0 Å². The average Bonchev–Trinajstić information content (AvgIpc) is 3.01. The number of guanidine groups is 1. The summed E-state index contributed by atoms with van der Waals surface area (Å²) >= 11 is 1.74. The van der Waals surface area contributed by atoms with Crippen LogP contribution in [0.5, 0.6) is 0 Å². The Kier molecular flexibility index (Phi) is 7.95. The zero-order chi connectivity index (χ0) is 19.9. The third-order valence-corrected chi connectivity index (χ3v) is 5.43. The molecule has 1 atom stereocenters. The van der Waals surface area contributed by atoms with Gasteiger partial charge < -0.3 is 20.3 Å². The fourth-order valence-corrected chi connectivity index (χ4v) is 3.85. The van der Waals surface area contributed by atoms with Gasteiger partial charge in [-0.1, -0.05) is 0 Å². The molecule has 0 aliphatic carbocycles. The van der Waals surface area contributed by atoms with Crippen LogP contribution in [0.1, 0.15) is 51.0 Å². The molecule has 0 aromatic carbocycles. The zero-order valence-electron chi connectivity index (χ0n) is 17.3. The van der Waals surface area contributed by atoms with Crippen molar-refractivity contribution in [1.29, 1.82) is 0 Å². The lowest BCUT2D eigenvalue weighted by atomic mass is 9.98. The molecular weight excluding hydrogens is 360 g/mol. The summed E-state index contributed by atoms with van der Waals surface area (Å²) in [5, 5.41) is 8.86. The molecule has 1 aromatic rings. The van der Waals surface area contributed by atoms with E-state index in [0.717, 1.165) is 45.0 Å². The zero-order valence-corrected chi connectivity index (χ0v) is 18.1. The third kappa shape index (κ3) is 7.40. The number of ether oxygens (including phenoxy) is 1. The van der Waals surface area contributed by atoms with Crippen LogP contribution in [0, 0.1) is 12.8 Å². The molecule has 1 aromatic heterocycles. The van der Waals surface area contributed by atoms with Gasteiger partial charge in [0.25, 0.3) is 0 Å². The average molecular weight is 395 g/mol. The molecule has 1 unspecified atom stereocenters. The Hall–Kier alpha value is -1.76. The molecule has 1 saturated heterocycles. The highest BCUT2D eigenvalue weighted by Crippen LogP contribution is 2.19. The summed E-state index contributed by atoms with van der Waals surface area (Å²) in [5.41, 5.74) is 0.840. The molecule has 0 spiro atoms. The van der Waals surface area contributed by atoms with Gasteiger partial charge in [-0.05, 0) is 70.4 Å². The van der Waals surface area contributed by atoms with E-state index in [2.05, 4.69) is 35.9 Å². The molecule has 0 saturated carbocycles. The van der Waals surface area contributed by atoms with Crippen molar-refractivity contribution in [2.24, 2.45) is 10.9 Å². The lowest BCUT2D eigenvalue weighted by molar-refractivity contribution is 0.0168. The molecule has 1 aliphatic rings. The number of hydrogen-bond acceptors (Lipinski definition) is 4. The summed E-state index contributed by atoms with van der Waals surface area (Å²) in [4.78, 5) is 20.1. The van der Waals surface area contributed by atoms with E-state index in [1.165, 1.54) is 10.4 Å². The maximum absolute atomic E-state index is 12.3. The first-order chi connectivity index (χ1) is 12.8. The summed E-state index contributed by atoms with van der Waals surface area (Å²) in [6.45, 7) is 13.7. The Morgan fingerprint density at radius 1 is 1.41 bits per heavy atom.